The number of amides is 1. The number of nitrogens with zero attached hydrogens (tertiary/aromatic N) is 3. The Morgan fingerprint density at radius 2 is 1.96 bits per heavy atom. The lowest BCUT2D eigenvalue weighted by atomic mass is 10.1. The summed E-state index contributed by atoms with van der Waals surface area (Å²) in [5.74, 6) is 1.52. The molecule has 28 heavy (non-hydrogen) atoms. The van der Waals surface area contributed by atoms with E-state index in [9.17, 15) is 13.2 Å². The van der Waals surface area contributed by atoms with Gasteiger partial charge in [0.1, 0.15) is 17.6 Å². The maximum Gasteiger partial charge on any atom is 0.241 e. The largest absolute Gasteiger partial charge is 0.497 e. The van der Waals surface area contributed by atoms with Crippen molar-refractivity contribution in [1.82, 2.24) is 24.8 Å². The molecule has 0 saturated carbocycles. The number of hydrogen-bond acceptors (Lipinski definition) is 6. The van der Waals surface area contributed by atoms with Crippen LogP contribution in [0, 0.1) is 5.92 Å². The van der Waals surface area contributed by atoms with Crippen molar-refractivity contribution in [3.63, 3.8) is 0 Å². The highest BCUT2D eigenvalue weighted by molar-refractivity contribution is 7.89. The Bertz CT molecular complexity index is 937. The summed E-state index contributed by atoms with van der Waals surface area (Å²) < 4.78 is 34.9. The molecule has 1 atom stereocenters. The molecular weight excluding hydrogens is 382 g/mol. The molecule has 1 amide bonds. The summed E-state index contributed by atoms with van der Waals surface area (Å²) in [6, 6.07) is 5.09. The third-order valence-electron chi connectivity index (χ3n) is 4.71. The quantitative estimate of drug-likeness (QED) is 0.670. The molecule has 1 aromatic carbocycles. The zero-order valence-electron chi connectivity index (χ0n) is 16.2. The summed E-state index contributed by atoms with van der Waals surface area (Å²) in [7, 11) is -2.35. The summed E-state index contributed by atoms with van der Waals surface area (Å²) >= 11 is 0. The second kappa shape index (κ2) is 8.27. The summed E-state index contributed by atoms with van der Waals surface area (Å²) in [5.41, 5.74) is 0. The van der Waals surface area contributed by atoms with Gasteiger partial charge in [0.2, 0.25) is 15.9 Å². The molecule has 2 N–H and O–H groups in total. The number of rotatable bonds is 8. The monoisotopic (exact) mass is 407 g/mol. The molecule has 9 nitrogen and oxygen atoms in total. The Kier molecular flexibility index (Phi) is 5.99. The van der Waals surface area contributed by atoms with E-state index >= 15 is 0 Å². The fourth-order valence-corrected chi connectivity index (χ4v) is 4.44. The lowest BCUT2D eigenvalue weighted by molar-refractivity contribution is -0.123. The van der Waals surface area contributed by atoms with Crippen LogP contribution in [0.4, 0.5) is 0 Å². The van der Waals surface area contributed by atoms with Crippen molar-refractivity contribution in [2.24, 2.45) is 5.92 Å². The van der Waals surface area contributed by atoms with Crippen LogP contribution in [-0.4, -0.2) is 42.2 Å². The van der Waals surface area contributed by atoms with E-state index < -0.39 is 22.0 Å². The molecule has 0 bridgehead atoms. The first-order valence-corrected chi connectivity index (χ1v) is 10.6. The molecule has 2 aromatic rings. The zero-order chi connectivity index (χ0) is 20.3. The Labute approximate surface area is 164 Å². The van der Waals surface area contributed by atoms with E-state index in [2.05, 4.69) is 20.2 Å². The third-order valence-corrected chi connectivity index (χ3v) is 6.16. The van der Waals surface area contributed by atoms with E-state index in [0.717, 1.165) is 25.2 Å². The standard InChI is InChI=1S/C18H25N5O4S/c1-12(2)17(22-28(25,26)14-8-6-13(27-3)7-9-14)18(24)19-11-16-21-20-15-5-4-10-23(15)16/h6-9,12,17,22H,4-5,10-11H2,1-3H3,(H,19,24)/t17-/m0/s1. The smallest absolute Gasteiger partial charge is 0.241 e. The molecule has 152 valence electrons. The van der Waals surface area contributed by atoms with Gasteiger partial charge in [0.05, 0.1) is 18.6 Å². The lowest BCUT2D eigenvalue weighted by Gasteiger charge is -2.21. The SMILES string of the molecule is COc1ccc(S(=O)(=O)N[C@H](C(=O)NCc2nnc3n2CCC3)C(C)C)cc1. The molecule has 1 aliphatic heterocycles. The fourth-order valence-electron chi connectivity index (χ4n) is 3.10. The summed E-state index contributed by atoms with van der Waals surface area (Å²) in [6.45, 7) is 4.62. The maximum atomic E-state index is 12.7. The van der Waals surface area contributed by atoms with Gasteiger partial charge in [0.25, 0.3) is 0 Å². The highest BCUT2D eigenvalue weighted by Crippen LogP contribution is 2.17. The first-order chi connectivity index (χ1) is 13.3. The number of fused-ring (bicyclic) bond motifs is 1. The summed E-state index contributed by atoms with van der Waals surface area (Å²) in [4.78, 5) is 12.7. The van der Waals surface area contributed by atoms with Gasteiger partial charge in [-0.2, -0.15) is 4.72 Å². The number of carbonyl (C=O) groups is 1. The van der Waals surface area contributed by atoms with Crippen LogP contribution in [-0.2, 0) is 34.3 Å². The van der Waals surface area contributed by atoms with Crippen molar-refractivity contribution in [3.8, 4) is 5.75 Å². The molecule has 2 heterocycles. The number of methoxy groups -OCH3 is 1. The minimum atomic E-state index is -3.86. The predicted octanol–water partition coefficient (Wildman–Crippen LogP) is 0.852. The first-order valence-electron chi connectivity index (χ1n) is 9.17. The molecule has 10 heteroatoms. The van der Waals surface area contributed by atoms with E-state index in [4.69, 9.17) is 4.74 Å². The van der Waals surface area contributed by atoms with Crippen molar-refractivity contribution < 1.29 is 17.9 Å². The Hall–Kier alpha value is -2.46. The van der Waals surface area contributed by atoms with Crippen LogP contribution >= 0.6 is 0 Å². The Morgan fingerprint density at radius 3 is 2.61 bits per heavy atom. The van der Waals surface area contributed by atoms with Gasteiger partial charge in [0.15, 0.2) is 5.82 Å². The Morgan fingerprint density at radius 1 is 1.25 bits per heavy atom. The van der Waals surface area contributed by atoms with Crippen LogP contribution in [0.15, 0.2) is 29.2 Å². The van der Waals surface area contributed by atoms with Crippen molar-refractivity contribution >= 4 is 15.9 Å². The van der Waals surface area contributed by atoms with E-state index in [1.807, 2.05) is 4.57 Å². The fraction of sp³-hybridized carbons (Fsp3) is 0.500. The van der Waals surface area contributed by atoms with E-state index in [1.54, 1.807) is 26.0 Å². The number of aryl methyl sites for hydroxylation is 1. The van der Waals surface area contributed by atoms with Gasteiger partial charge in [-0.1, -0.05) is 13.8 Å². The van der Waals surface area contributed by atoms with Gasteiger partial charge in [-0.15, -0.1) is 10.2 Å². The molecule has 0 aliphatic carbocycles. The molecule has 0 unspecified atom stereocenters. The van der Waals surface area contributed by atoms with E-state index in [1.165, 1.54) is 19.2 Å². The number of nitrogens with one attached hydrogen (secondary N) is 2. The minimum Gasteiger partial charge on any atom is -0.497 e. The number of ether oxygens (including phenoxy) is 1. The van der Waals surface area contributed by atoms with Gasteiger partial charge in [-0.25, -0.2) is 8.42 Å². The number of benzene rings is 1. The molecule has 0 fully saturated rings. The second-order valence-electron chi connectivity index (χ2n) is 7.02. The van der Waals surface area contributed by atoms with Crippen molar-refractivity contribution in [3.05, 3.63) is 35.9 Å². The third kappa shape index (κ3) is 4.33. The molecule has 0 saturated heterocycles. The molecule has 0 spiro atoms. The number of hydrogen-bond donors (Lipinski definition) is 2. The number of aromatic nitrogens is 3. The second-order valence-corrected chi connectivity index (χ2v) is 8.74. The minimum absolute atomic E-state index is 0.0713. The molecule has 1 aliphatic rings. The average molecular weight is 407 g/mol. The topological polar surface area (TPSA) is 115 Å². The zero-order valence-corrected chi connectivity index (χ0v) is 17.0. The van der Waals surface area contributed by atoms with Crippen LogP contribution in [0.5, 0.6) is 5.75 Å². The Balaban J connectivity index is 1.68. The normalized spacial score (nSPS) is 14.7. The summed E-state index contributed by atoms with van der Waals surface area (Å²) in [6.07, 6.45) is 1.90. The van der Waals surface area contributed by atoms with Gasteiger partial charge in [-0.3, -0.25) is 4.79 Å². The van der Waals surface area contributed by atoms with Gasteiger partial charge >= 0.3 is 0 Å². The van der Waals surface area contributed by atoms with Crippen molar-refractivity contribution in [2.45, 2.75) is 50.7 Å². The highest BCUT2D eigenvalue weighted by Gasteiger charge is 2.29. The van der Waals surface area contributed by atoms with Gasteiger partial charge < -0.3 is 14.6 Å². The molecule has 0 radical (unpaired) electrons. The van der Waals surface area contributed by atoms with Crippen LogP contribution in [0.2, 0.25) is 0 Å². The number of carbonyl (C=O) groups excluding carboxylic acids is 1. The lowest BCUT2D eigenvalue weighted by Crippen LogP contribution is -2.49. The predicted molar refractivity (Wildman–Crippen MR) is 102 cm³/mol. The average Bonchev–Trinajstić information content (AvgIpc) is 3.28. The maximum absolute atomic E-state index is 12.7. The number of sulfonamides is 1. The summed E-state index contributed by atoms with van der Waals surface area (Å²) in [5, 5.41) is 11.0. The van der Waals surface area contributed by atoms with Crippen LogP contribution < -0.4 is 14.8 Å². The van der Waals surface area contributed by atoms with Gasteiger partial charge in [0, 0.05) is 13.0 Å². The van der Waals surface area contributed by atoms with Crippen molar-refractivity contribution in [2.75, 3.05) is 7.11 Å². The van der Waals surface area contributed by atoms with Crippen LogP contribution in [0.1, 0.15) is 31.9 Å². The molecular formula is C18H25N5O4S. The molecule has 3 rings (SSSR count). The van der Waals surface area contributed by atoms with Gasteiger partial charge in [-0.05, 0) is 36.6 Å². The van der Waals surface area contributed by atoms with Crippen molar-refractivity contribution in [1.29, 1.82) is 0 Å². The van der Waals surface area contributed by atoms with E-state index in [0.29, 0.717) is 11.6 Å². The van der Waals surface area contributed by atoms with Crippen LogP contribution in [0.3, 0.4) is 0 Å². The first kappa shape index (κ1) is 20.3. The van der Waals surface area contributed by atoms with Crippen LogP contribution in [0.25, 0.3) is 0 Å². The highest BCUT2D eigenvalue weighted by atomic mass is 32.2. The van der Waals surface area contributed by atoms with E-state index in [-0.39, 0.29) is 17.4 Å². The molecule has 1 aromatic heterocycles.